The highest BCUT2D eigenvalue weighted by atomic mass is 16.6. The highest BCUT2D eigenvalue weighted by molar-refractivity contribution is 6.04. The maximum absolute atomic E-state index is 12.2. The topological polar surface area (TPSA) is 81.5 Å². The van der Waals surface area contributed by atoms with E-state index in [1.165, 1.54) is 18.2 Å². The summed E-state index contributed by atoms with van der Waals surface area (Å²) >= 11 is 0. The van der Waals surface area contributed by atoms with Crippen molar-refractivity contribution in [1.82, 2.24) is 0 Å². The Balaban J connectivity index is 2.17. The Bertz CT molecular complexity index is 713. The molecule has 0 aliphatic carbocycles. The van der Waals surface area contributed by atoms with Crippen LogP contribution >= 0.6 is 0 Å². The molecular formula is C16H16N2O4. The average molecular weight is 300 g/mol. The number of hydrogen-bond acceptors (Lipinski definition) is 4. The Labute approximate surface area is 127 Å². The van der Waals surface area contributed by atoms with E-state index < -0.39 is 4.92 Å². The summed E-state index contributed by atoms with van der Waals surface area (Å²) in [5.74, 6) is 0.404. The van der Waals surface area contributed by atoms with Gasteiger partial charge in [-0.05, 0) is 43.7 Å². The van der Waals surface area contributed by atoms with Crippen LogP contribution in [0.15, 0.2) is 42.5 Å². The highest BCUT2D eigenvalue weighted by Gasteiger charge is 2.11. The minimum absolute atomic E-state index is 0.0688. The van der Waals surface area contributed by atoms with Crippen LogP contribution in [-0.4, -0.2) is 17.4 Å². The molecule has 114 valence electrons. The van der Waals surface area contributed by atoms with Gasteiger partial charge in [-0.25, -0.2) is 0 Å². The molecule has 1 amide bonds. The van der Waals surface area contributed by atoms with E-state index in [1.54, 1.807) is 24.3 Å². The van der Waals surface area contributed by atoms with Gasteiger partial charge in [0.2, 0.25) is 0 Å². The first-order valence-corrected chi connectivity index (χ1v) is 6.80. The summed E-state index contributed by atoms with van der Waals surface area (Å²) < 4.78 is 5.43. The summed E-state index contributed by atoms with van der Waals surface area (Å²) in [4.78, 5) is 22.4. The molecule has 0 unspecified atom stereocenters. The number of carbonyl (C=O) groups is 1. The summed E-state index contributed by atoms with van der Waals surface area (Å²) in [6, 6.07) is 10.9. The number of hydrogen-bond donors (Lipinski definition) is 1. The molecule has 0 heterocycles. The third kappa shape index (κ3) is 3.60. The van der Waals surface area contributed by atoms with Crippen LogP contribution in [-0.2, 0) is 0 Å². The molecule has 2 aromatic rings. The molecule has 0 spiro atoms. The number of aryl methyl sites for hydroxylation is 1. The molecule has 22 heavy (non-hydrogen) atoms. The molecule has 6 heteroatoms. The molecule has 2 aromatic carbocycles. The number of ether oxygens (including phenoxy) is 1. The Hall–Kier alpha value is -2.89. The summed E-state index contributed by atoms with van der Waals surface area (Å²) in [6.45, 7) is 4.30. The number of nitrogens with one attached hydrogen (secondary N) is 1. The van der Waals surface area contributed by atoms with Gasteiger partial charge in [-0.2, -0.15) is 0 Å². The minimum atomic E-state index is -0.503. The summed E-state index contributed by atoms with van der Waals surface area (Å²) in [7, 11) is 0. The van der Waals surface area contributed by atoms with Crippen molar-refractivity contribution in [1.29, 1.82) is 0 Å². The van der Waals surface area contributed by atoms with Crippen LogP contribution in [0.4, 0.5) is 11.4 Å². The lowest BCUT2D eigenvalue weighted by atomic mass is 10.1. The number of rotatable bonds is 5. The van der Waals surface area contributed by atoms with Crippen LogP contribution in [0.3, 0.4) is 0 Å². The number of benzene rings is 2. The zero-order valence-corrected chi connectivity index (χ0v) is 12.3. The smallest absolute Gasteiger partial charge is 0.271 e. The number of nitro groups is 1. The van der Waals surface area contributed by atoms with Crippen LogP contribution in [0.1, 0.15) is 22.8 Å². The number of non-ortho nitro benzene ring substituents is 1. The molecule has 0 aromatic heterocycles. The number of carbonyl (C=O) groups excluding carboxylic acids is 1. The minimum Gasteiger partial charge on any atom is -0.494 e. The van der Waals surface area contributed by atoms with Crippen LogP contribution in [0, 0.1) is 17.0 Å². The quantitative estimate of drug-likeness (QED) is 0.676. The first kappa shape index (κ1) is 15.5. The van der Waals surface area contributed by atoms with Gasteiger partial charge in [-0.1, -0.05) is 6.07 Å². The fourth-order valence-corrected chi connectivity index (χ4v) is 2.01. The van der Waals surface area contributed by atoms with Gasteiger partial charge >= 0.3 is 0 Å². The van der Waals surface area contributed by atoms with E-state index in [9.17, 15) is 14.9 Å². The molecule has 1 N–H and O–H groups in total. The average Bonchev–Trinajstić information content (AvgIpc) is 2.49. The van der Waals surface area contributed by atoms with Crippen LogP contribution in [0.2, 0.25) is 0 Å². The lowest BCUT2D eigenvalue weighted by Gasteiger charge is -2.09. The van der Waals surface area contributed by atoms with Crippen molar-refractivity contribution in [3.05, 3.63) is 63.7 Å². The molecule has 0 fully saturated rings. The number of nitro benzene ring substituents is 1. The van der Waals surface area contributed by atoms with Gasteiger partial charge < -0.3 is 10.1 Å². The third-order valence-corrected chi connectivity index (χ3v) is 3.05. The summed E-state index contributed by atoms with van der Waals surface area (Å²) in [5.41, 5.74) is 1.63. The van der Waals surface area contributed by atoms with Crippen molar-refractivity contribution in [2.75, 3.05) is 11.9 Å². The van der Waals surface area contributed by atoms with Gasteiger partial charge in [0.25, 0.3) is 11.6 Å². The molecule has 0 atom stereocenters. The molecule has 0 saturated carbocycles. The molecule has 0 aliphatic rings. The number of amides is 1. The first-order chi connectivity index (χ1) is 10.5. The fraction of sp³-hybridized carbons (Fsp3) is 0.188. The number of nitrogens with zero attached hydrogens (tertiary/aromatic N) is 1. The Morgan fingerprint density at radius 3 is 2.68 bits per heavy atom. The Morgan fingerprint density at radius 1 is 1.27 bits per heavy atom. The maximum atomic E-state index is 12.2. The molecule has 0 aliphatic heterocycles. The van der Waals surface area contributed by atoms with E-state index in [-0.39, 0.29) is 11.6 Å². The number of anilines is 1. The van der Waals surface area contributed by atoms with Gasteiger partial charge in [-0.3, -0.25) is 14.9 Å². The van der Waals surface area contributed by atoms with E-state index in [0.29, 0.717) is 17.9 Å². The fourth-order valence-electron chi connectivity index (χ4n) is 2.01. The van der Waals surface area contributed by atoms with Crippen LogP contribution < -0.4 is 10.1 Å². The molecule has 2 rings (SSSR count). The second-order valence-corrected chi connectivity index (χ2v) is 4.67. The van der Waals surface area contributed by atoms with E-state index in [4.69, 9.17) is 4.74 Å². The third-order valence-electron chi connectivity index (χ3n) is 3.05. The van der Waals surface area contributed by atoms with Crippen LogP contribution in [0.5, 0.6) is 5.75 Å². The van der Waals surface area contributed by atoms with E-state index in [2.05, 4.69) is 5.32 Å². The Kier molecular flexibility index (Phi) is 4.73. The molecular weight excluding hydrogens is 284 g/mol. The summed E-state index contributed by atoms with van der Waals surface area (Å²) in [6.07, 6.45) is 0. The maximum Gasteiger partial charge on any atom is 0.271 e. The van der Waals surface area contributed by atoms with Crippen molar-refractivity contribution in [2.24, 2.45) is 0 Å². The first-order valence-electron chi connectivity index (χ1n) is 6.80. The normalized spacial score (nSPS) is 10.1. The van der Waals surface area contributed by atoms with Gasteiger partial charge in [0.05, 0.1) is 11.5 Å². The van der Waals surface area contributed by atoms with E-state index in [0.717, 1.165) is 11.3 Å². The van der Waals surface area contributed by atoms with Gasteiger partial charge in [0.15, 0.2) is 0 Å². The lowest BCUT2D eigenvalue weighted by molar-refractivity contribution is -0.384. The predicted molar refractivity (Wildman–Crippen MR) is 83.4 cm³/mol. The van der Waals surface area contributed by atoms with E-state index >= 15 is 0 Å². The van der Waals surface area contributed by atoms with Crippen molar-refractivity contribution in [3.8, 4) is 5.75 Å². The SMILES string of the molecule is CCOc1ccc(C(=O)Nc2cccc([N+](=O)[O-])c2)cc1C. The van der Waals surface area contributed by atoms with Crippen LogP contribution in [0.25, 0.3) is 0 Å². The summed E-state index contributed by atoms with van der Waals surface area (Å²) in [5, 5.41) is 13.4. The van der Waals surface area contributed by atoms with Crippen molar-refractivity contribution < 1.29 is 14.5 Å². The largest absolute Gasteiger partial charge is 0.494 e. The zero-order chi connectivity index (χ0) is 16.1. The second-order valence-electron chi connectivity index (χ2n) is 4.67. The standard InChI is InChI=1S/C16H16N2O4/c1-3-22-15-8-7-12(9-11(15)2)16(19)17-13-5-4-6-14(10-13)18(20)21/h4-10H,3H2,1-2H3,(H,17,19). The van der Waals surface area contributed by atoms with Gasteiger partial charge in [-0.15, -0.1) is 0 Å². The van der Waals surface area contributed by atoms with Crippen molar-refractivity contribution in [3.63, 3.8) is 0 Å². The lowest BCUT2D eigenvalue weighted by Crippen LogP contribution is -2.12. The van der Waals surface area contributed by atoms with E-state index in [1.807, 2.05) is 13.8 Å². The molecule has 0 saturated heterocycles. The van der Waals surface area contributed by atoms with Crippen molar-refractivity contribution in [2.45, 2.75) is 13.8 Å². The van der Waals surface area contributed by atoms with Gasteiger partial charge in [0, 0.05) is 23.4 Å². The zero-order valence-electron chi connectivity index (χ0n) is 12.3. The second kappa shape index (κ2) is 6.71. The predicted octanol–water partition coefficient (Wildman–Crippen LogP) is 3.55. The van der Waals surface area contributed by atoms with Crippen molar-refractivity contribution >= 4 is 17.3 Å². The molecule has 0 radical (unpaired) electrons. The van der Waals surface area contributed by atoms with Gasteiger partial charge in [0.1, 0.15) is 5.75 Å². The molecule has 6 nitrogen and oxygen atoms in total. The monoisotopic (exact) mass is 300 g/mol. The molecule has 0 bridgehead atoms. The Morgan fingerprint density at radius 2 is 2.05 bits per heavy atom. The highest BCUT2D eigenvalue weighted by Crippen LogP contribution is 2.21.